The zero-order valence-corrected chi connectivity index (χ0v) is 10.7. The zero-order valence-electron chi connectivity index (χ0n) is 9.86. The molecule has 2 N–H and O–H groups in total. The first kappa shape index (κ1) is 16.6. The summed E-state index contributed by atoms with van der Waals surface area (Å²) in [5.74, 6) is -5.00. The highest BCUT2D eigenvalue weighted by atomic mass is 35.5. The second-order valence-electron chi connectivity index (χ2n) is 4.02. The van der Waals surface area contributed by atoms with Gasteiger partial charge in [-0.3, -0.25) is 4.98 Å². The molecule has 2 aromatic rings. The van der Waals surface area contributed by atoms with Crippen LogP contribution in [0, 0.1) is 0 Å². The third-order valence-corrected chi connectivity index (χ3v) is 2.79. The Labute approximate surface area is 117 Å². The Morgan fingerprint density at radius 2 is 1.60 bits per heavy atom. The van der Waals surface area contributed by atoms with E-state index in [0.29, 0.717) is 5.52 Å². The topological polar surface area (TPSA) is 38.9 Å². The van der Waals surface area contributed by atoms with E-state index in [0.717, 1.165) is 12.3 Å². The van der Waals surface area contributed by atoms with E-state index in [1.807, 2.05) is 0 Å². The Hall–Kier alpha value is -1.47. The van der Waals surface area contributed by atoms with Crippen LogP contribution in [0.25, 0.3) is 10.9 Å². The molecule has 0 aliphatic carbocycles. The van der Waals surface area contributed by atoms with Crippen LogP contribution in [-0.4, -0.2) is 17.1 Å². The summed E-state index contributed by atoms with van der Waals surface area (Å²) in [6.07, 6.45) is -4.54. The first-order valence-electron chi connectivity index (χ1n) is 5.29. The number of hydrogen-bond donors (Lipinski definition) is 1. The van der Waals surface area contributed by atoms with Crippen molar-refractivity contribution in [2.24, 2.45) is 5.73 Å². The van der Waals surface area contributed by atoms with Crippen molar-refractivity contribution in [1.29, 1.82) is 0 Å². The Morgan fingerprint density at radius 3 is 2.20 bits per heavy atom. The number of alkyl halides is 5. The molecule has 0 saturated heterocycles. The van der Waals surface area contributed by atoms with E-state index in [1.165, 1.54) is 18.2 Å². The van der Waals surface area contributed by atoms with Crippen LogP contribution in [0.2, 0.25) is 0 Å². The van der Waals surface area contributed by atoms with Crippen LogP contribution in [0.5, 0.6) is 0 Å². The molecular weight excluding hydrogens is 303 g/mol. The number of fused-ring (bicyclic) bond motifs is 1. The number of hydrogen-bond acceptors (Lipinski definition) is 2. The van der Waals surface area contributed by atoms with Crippen molar-refractivity contribution in [3.05, 3.63) is 42.1 Å². The van der Waals surface area contributed by atoms with E-state index >= 15 is 0 Å². The standard InChI is InChI=1S/C12H9F5N2.ClH/c13-11(14,12(15,16)17)10(18)8-5-6-19-9-4-2-1-3-7(8)9;/h1-6,10H,18H2;1H/t10-;/m1./s1. The SMILES string of the molecule is Cl.N[C@H](c1ccnc2ccccc12)C(F)(F)C(F)(F)F. The van der Waals surface area contributed by atoms with Crippen molar-refractivity contribution in [3.63, 3.8) is 0 Å². The van der Waals surface area contributed by atoms with Gasteiger partial charge in [0.05, 0.1) is 5.52 Å². The normalized spacial score (nSPS) is 13.9. The van der Waals surface area contributed by atoms with Crippen molar-refractivity contribution in [2.45, 2.75) is 18.1 Å². The molecule has 2 rings (SSSR count). The Morgan fingerprint density at radius 1 is 1.00 bits per heavy atom. The quantitative estimate of drug-likeness (QED) is 0.855. The van der Waals surface area contributed by atoms with Crippen molar-refractivity contribution >= 4 is 23.3 Å². The zero-order chi connectivity index (χ0) is 14.3. The Bertz CT molecular complexity index is 594. The Kier molecular flexibility index (Phi) is 4.55. The molecule has 0 spiro atoms. The van der Waals surface area contributed by atoms with Gasteiger partial charge in [-0.15, -0.1) is 12.4 Å². The summed E-state index contributed by atoms with van der Waals surface area (Å²) in [5, 5.41) is 0.182. The van der Waals surface area contributed by atoms with Gasteiger partial charge in [0.15, 0.2) is 0 Å². The number of pyridine rings is 1. The fourth-order valence-electron chi connectivity index (χ4n) is 1.76. The summed E-state index contributed by atoms with van der Waals surface area (Å²) in [7, 11) is 0. The maximum atomic E-state index is 13.3. The smallest absolute Gasteiger partial charge is 0.319 e. The summed E-state index contributed by atoms with van der Waals surface area (Å²) in [6.45, 7) is 0. The molecule has 0 aliphatic heterocycles. The maximum Gasteiger partial charge on any atom is 0.455 e. The number of benzene rings is 1. The lowest BCUT2D eigenvalue weighted by Gasteiger charge is -2.26. The highest BCUT2D eigenvalue weighted by molar-refractivity contribution is 5.85. The van der Waals surface area contributed by atoms with Gasteiger partial charge in [-0.1, -0.05) is 18.2 Å². The number of rotatable bonds is 2. The van der Waals surface area contributed by atoms with Crippen LogP contribution in [0.3, 0.4) is 0 Å². The number of nitrogens with two attached hydrogens (primary N) is 1. The van der Waals surface area contributed by atoms with Gasteiger partial charge in [0.2, 0.25) is 0 Å². The predicted molar refractivity (Wildman–Crippen MR) is 66.9 cm³/mol. The molecule has 0 aliphatic rings. The predicted octanol–water partition coefficient (Wildman–Crippen LogP) is 3.85. The third kappa shape index (κ3) is 2.69. The number of para-hydroxylation sites is 1. The molecule has 1 aromatic heterocycles. The van der Waals surface area contributed by atoms with Gasteiger partial charge in [-0.2, -0.15) is 22.0 Å². The molecule has 110 valence electrons. The first-order valence-corrected chi connectivity index (χ1v) is 5.29. The highest BCUT2D eigenvalue weighted by Crippen LogP contribution is 2.44. The molecular formula is C12H10ClF5N2. The van der Waals surface area contributed by atoms with E-state index < -0.39 is 18.1 Å². The monoisotopic (exact) mass is 312 g/mol. The second kappa shape index (κ2) is 5.49. The van der Waals surface area contributed by atoms with Gasteiger partial charge in [0.25, 0.3) is 0 Å². The molecule has 0 amide bonds. The molecule has 0 bridgehead atoms. The third-order valence-electron chi connectivity index (χ3n) is 2.79. The molecule has 1 atom stereocenters. The minimum absolute atomic E-state index is 0. The summed E-state index contributed by atoms with van der Waals surface area (Å²) in [5.41, 5.74) is 5.16. The van der Waals surface area contributed by atoms with Crippen LogP contribution in [0.4, 0.5) is 22.0 Å². The summed E-state index contributed by atoms with van der Waals surface area (Å²) >= 11 is 0. The van der Waals surface area contributed by atoms with Gasteiger partial charge in [-0.05, 0) is 17.7 Å². The number of nitrogens with zero attached hydrogens (tertiary/aromatic N) is 1. The van der Waals surface area contributed by atoms with Gasteiger partial charge < -0.3 is 5.73 Å². The molecule has 2 nitrogen and oxygen atoms in total. The van der Waals surface area contributed by atoms with Crippen LogP contribution in [0.1, 0.15) is 11.6 Å². The van der Waals surface area contributed by atoms with Crippen molar-refractivity contribution in [1.82, 2.24) is 4.98 Å². The van der Waals surface area contributed by atoms with E-state index in [2.05, 4.69) is 4.98 Å². The van der Waals surface area contributed by atoms with Crippen LogP contribution in [-0.2, 0) is 0 Å². The fourth-order valence-corrected chi connectivity index (χ4v) is 1.76. The highest BCUT2D eigenvalue weighted by Gasteiger charge is 2.61. The molecule has 1 heterocycles. The molecule has 20 heavy (non-hydrogen) atoms. The van der Waals surface area contributed by atoms with Crippen LogP contribution in [0.15, 0.2) is 36.5 Å². The van der Waals surface area contributed by atoms with Gasteiger partial charge >= 0.3 is 12.1 Å². The molecule has 0 unspecified atom stereocenters. The van der Waals surface area contributed by atoms with E-state index in [1.54, 1.807) is 6.07 Å². The second-order valence-corrected chi connectivity index (χ2v) is 4.02. The number of halogens is 6. The summed E-state index contributed by atoms with van der Waals surface area (Å²) in [6, 6.07) is 4.65. The minimum atomic E-state index is -5.70. The summed E-state index contributed by atoms with van der Waals surface area (Å²) in [4.78, 5) is 3.89. The number of aromatic nitrogens is 1. The molecule has 0 saturated carbocycles. The van der Waals surface area contributed by atoms with Gasteiger partial charge in [0, 0.05) is 11.6 Å². The fraction of sp³-hybridized carbons (Fsp3) is 0.250. The van der Waals surface area contributed by atoms with Gasteiger partial charge in [-0.25, -0.2) is 0 Å². The van der Waals surface area contributed by atoms with Crippen molar-refractivity contribution in [3.8, 4) is 0 Å². The molecule has 0 radical (unpaired) electrons. The first-order chi connectivity index (χ1) is 8.75. The van der Waals surface area contributed by atoms with Crippen molar-refractivity contribution in [2.75, 3.05) is 0 Å². The Balaban J connectivity index is 0.00000200. The summed E-state index contributed by atoms with van der Waals surface area (Å²) < 4.78 is 63.5. The lowest BCUT2D eigenvalue weighted by Crippen LogP contribution is -2.45. The maximum absolute atomic E-state index is 13.3. The van der Waals surface area contributed by atoms with Gasteiger partial charge in [0.1, 0.15) is 6.04 Å². The average molecular weight is 313 g/mol. The molecule has 8 heteroatoms. The van der Waals surface area contributed by atoms with Crippen LogP contribution >= 0.6 is 12.4 Å². The minimum Gasteiger partial charge on any atom is -0.319 e. The van der Waals surface area contributed by atoms with Crippen molar-refractivity contribution < 1.29 is 22.0 Å². The van der Waals surface area contributed by atoms with E-state index in [4.69, 9.17) is 5.73 Å². The van der Waals surface area contributed by atoms with E-state index in [-0.39, 0.29) is 23.4 Å². The molecule has 1 aromatic carbocycles. The van der Waals surface area contributed by atoms with E-state index in [9.17, 15) is 22.0 Å². The largest absolute Gasteiger partial charge is 0.455 e. The lowest BCUT2D eigenvalue weighted by molar-refractivity contribution is -0.290. The molecule has 0 fully saturated rings. The average Bonchev–Trinajstić information content (AvgIpc) is 2.36. The lowest BCUT2D eigenvalue weighted by atomic mass is 9.97. The van der Waals surface area contributed by atoms with Crippen LogP contribution < -0.4 is 5.73 Å².